The number of oxime groups is 1. The van der Waals surface area contributed by atoms with Gasteiger partial charge in [0.05, 0.1) is 9.92 Å². The molecule has 98 valence electrons. The van der Waals surface area contributed by atoms with Crippen molar-refractivity contribution < 1.29 is 18.4 Å². The van der Waals surface area contributed by atoms with Crippen molar-refractivity contribution in [2.45, 2.75) is 4.90 Å². The Morgan fingerprint density at radius 1 is 1.33 bits per heavy atom. The van der Waals surface area contributed by atoms with Crippen molar-refractivity contribution in [3.8, 4) is 0 Å². The maximum absolute atomic E-state index is 12.1. The second-order valence-electron chi connectivity index (χ2n) is 3.54. The van der Waals surface area contributed by atoms with E-state index in [0.717, 1.165) is 4.90 Å². The molecule has 0 radical (unpaired) electrons. The maximum Gasteiger partial charge on any atom is 0.287 e. The monoisotopic (exact) mass is 290 g/mol. The summed E-state index contributed by atoms with van der Waals surface area (Å²) < 4.78 is 24.2. The first-order valence-corrected chi connectivity index (χ1v) is 6.61. The summed E-state index contributed by atoms with van der Waals surface area (Å²) in [6.07, 6.45) is 0. The van der Waals surface area contributed by atoms with E-state index in [2.05, 4.69) is 5.16 Å². The van der Waals surface area contributed by atoms with E-state index in [1.54, 1.807) is 6.07 Å². The minimum absolute atomic E-state index is 0.0507. The largest absolute Gasteiger partial charge is 0.410 e. The van der Waals surface area contributed by atoms with E-state index in [0.29, 0.717) is 0 Å². The van der Waals surface area contributed by atoms with Crippen LogP contribution in [-0.2, 0) is 14.6 Å². The molecule has 0 aliphatic carbocycles. The molecule has 0 aromatic heterocycles. The molecule has 0 aliphatic rings. The van der Waals surface area contributed by atoms with Gasteiger partial charge >= 0.3 is 0 Å². The Morgan fingerprint density at radius 3 is 2.33 bits per heavy atom. The molecule has 0 saturated carbocycles. The van der Waals surface area contributed by atoms with Crippen LogP contribution in [0.3, 0.4) is 0 Å². The van der Waals surface area contributed by atoms with Gasteiger partial charge in [0.2, 0.25) is 9.84 Å². The first-order chi connectivity index (χ1) is 8.32. The highest BCUT2D eigenvalue weighted by Gasteiger charge is 2.32. The number of sulfone groups is 1. The Morgan fingerprint density at radius 2 is 1.89 bits per heavy atom. The van der Waals surface area contributed by atoms with Crippen molar-refractivity contribution in [3.05, 3.63) is 29.3 Å². The SMILES string of the molecule is CN(C)C(=O)C(=NO)S(=O)(=O)c1ccccc1Cl. The Hall–Kier alpha value is -1.60. The molecule has 1 aromatic carbocycles. The predicted molar refractivity (Wildman–Crippen MR) is 66.6 cm³/mol. The summed E-state index contributed by atoms with van der Waals surface area (Å²) in [6.45, 7) is 0. The standard InChI is InChI=1S/C10H11ClN2O4S/c1-13(2)10(14)9(12-15)18(16,17)8-6-4-3-5-7(8)11/h3-6,15H,1-2H3. The molecule has 8 heteroatoms. The van der Waals surface area contributed by atoms with Gasteiger partial charge in [-0.2, -0.15) is 0 Å². The van der Waals surface area contributed by atoms with Gasteiger partial charge in [-0.05, 0) is 12.1 Å². The highest BCUT2D eigenvalue weighted by atomic mass is 35.5. The molecular weight excluding hydrogens is 280 g/mol. The molecule has 0 spiro atoms. The number of benzene rings is 1. The molecule has 1 rings (SSSR count). The number of carbonyl (C=O) groups excluding carboxylic acids is 1. The van der Waals surface area contributed by atoms with Crippen LogP contribution in [0, 0.1) is 0 Å². The normalized spacial score (nSPS) is 12.3. The number of amides is 1. The third-order valence-corrected chi connectivity index (χ3v) is 4.20. The van der Waals surface area contributed by atoms with Gasteiger partial charge in [-0.25, -0.2) is 8.42 Å². The summed E-state index contributed by atoms with van der Waals surface area (Å²) in [4.78, 5) is 12.3. The van der Waals surface area contributed by atoms with Gasteiger partial charge in [0.1, 0.15) is 0 Å². The van der Waals surface area contributed by atoms with Gasteiger partial charge < -0.3 is 10.1 Å². The smallest absolute Gasteiger partial charge is 0.287 e. The molecule has 0 fully saturated rings. The van der Waals surface area contributed by atoms with E-state index in [1.807, 2.05) is 0 Å². The molecule has 0 heterocycles. The van der Waals surface area contributed by atoms with Crippen molar-refractivity contribution in [1.29, 1.82) is 0 Å². The molecule has 18 heavy (non-hydrogen) atoms. The Bertz CT molecular complexity index is 596. The highest BCUT2D eigenvalue weighted by molar-refractivity contribution is 8.08. The molecule has 1 amide bonds. The molecule has 1 N–H and O–H groups in total. The quantitative estimate of drug-likeness (QED) is 0.362. The topological polar surface area (TPSA) is 87.0 Å². The fourth-order valence-corrected chi connectivity index (χ4v) is 2.92. The fourth-order valence-electron chi connectivity index (χ4n) is 1.17. The van der Waals surface area contributed by atoms with Crippen molar-refractivity contribution in [1.82, 2.24) is 4.90 Å². The third-order valence-electron chi connectivity index (χ3n) is 2.06. The summed E-state index contributed by atoms with van der Waals surface area (Å²) in [6, 6.07) is 5.59. The van der Waals surface area contributed by atoms with Gasteiger partial charge in [0.25, 0.3) is 11.0 Å². The molecule has 1 aromatic rings. The zero-order chi connectivity index (χ0) is 13.9. The number of halogens is 1. The summed E-state index contributed by atoms with van der Waals surface area (Å²) in [5, 5.41) is 10.3. The predicted octanol–water partition coefficient (Wildman–Crippen LogP) is 0.990. The van der Waals surface area contributed by atoms with Gasteiger partial charge in [-0.3, -0.25) is 4.79 Å². The van der Waals surface area contributed by atoms with E-state index >= 15 is 0 Å². The van der Waals surface area contributed by atoms with Gasteiger partial charge in [0, 0.05) is 14.1 Å². The molecule has 0 unspecified atom stereocenters. The Balaban J connectivity index is 3.39. The molecule has 0 saturated heterocycles. The first-order valence-electron chi connectivity index (χ1n) is 4.75. The highest BCUT2D eigenvalue weighted by Crippen LogP contribution is 2.23. The summed E-state index contributed by atoms with van der Waals surface area (Å²) in [5.41, 5.74) is 0. The lowest BCUT2D eigenvalue weighted by Gasteiger charge is -2.12. The van der Waals surface area contributed by atoms with Crippen molar-refractivity contribution in [2.75, 3.05) is 14.1 Å². The zero-order valence-electron chi connectivity index (χ0n) is 9.66. The summed E-state index contributed by atoms with van der Waals surface area (Å²) in [7, 11) is -1.56. The van der Waals surface area contributed by atoms with E-state index in [4.69, 9.17) is 16.8 Å². The number of hydrogen-bond donors (Lipinski definition) is 1. The average Bonchev–Trinajstić information content (AvgIpc) is 2.29. The molecular formula is C10H11ClN2O4S. The second kappa shape index (κ2) is 5.36. The first kappa shape index (κ1) is 14.5. The fraction of sp³-hybridized carbons (Fsp3) is 0.200. The lowest BCUT2D eigenvalue weighted by atomic mass is 10.4. The number of hydrogen-bond acceptors (Lipinski definition) is 5. The molecule has 0 atom stereocenters. The lowest BCUT2D eigenvalue weighted by Crippen LogP contribution is -2.35. The minimum atomic E-state index is -4.25. The maximum atomic E-state index is 12.1. The van der Waals surface area contributed by atoms with Crippen LogP contribution in [0.15, 0.2) is 34.3 Å². The molecule has 0 aliphatic heterocycles. The summed E-state index contributed by atoms with van der Waals surface area (Å²) >= 11 is 5.75. The van der Waals surface area contributed by atoms with Crippen LogP contribution in [0.1, 0.15) is 0 Å². The van der Waals surface area contributed by atoms with Crippen molar-refractivity contribution in [2.24, 2.45) is 5.16 Å². The van der Waals surface area contributed by atoms with E-state index in [-0.39, 0.29) is 9.92 Å². The van der Waals surface area contributed by atoms with Crippen LogP contribution in [0.5, 0.6) is 0 Å². The number of nitrogens with zero attached hydrogens (tertiary/aromatic N) is 2. The number of rotatable bonds is 1. The van der Waals surface area contributed by atoms with E-state index in [1.165, 1.54) is 32.3 Å². The molecule has 0 bridgehead atoms. The Labute approximate surface area is 109 Å². The van der Waals surface area contributed by atoms with E-state index < -0.39 is 20.8 Å². The van der Waals surface area contributed by atoms with Crippen molar-refractivity contribution >= 4 is 32.4 Å². The van der Waals surface area contributed by atoms with Gasteiger partial charge in [-0.15, -0.1) is 0 Å². The Kier molecular flexibility index (Phi) is 4.31. The van der Waals surface area contributed by atoms with Crippen LogP contribution in [-0.4, -0.2) is 43.6 Å². The van der Waals surface area contributed by atoms with Crippen molar-refractivity contribution in [3.63, 3.8) is 0 Å². The van der Waals surface area contributed by atoms with E-state index in [9.17, 15) is 13.2 Å². The number of carbonyl (C=O) groups is 1. The average molecular weight is 291 g/mol. The third kappa shape index (κ3) is 2.62. The van der Waals surface area contributed by atoms with Crippen LogP contribution in [0.4, 0.5) is 0 Å². The minimum Gasteiger partial charge on any atom is -0.410 e. The second-order valence-corrected chi connectivity index (χ2v) is 5.78. The van der Waals surface area contributed by atoms with Crippen LogP contribution < -0.4 is 0 Å². The van der Waals surface area contributed by atoms with Crippen LogP contribution in [0.25, 0.3) is 0 Å². The van der Waals surface area contributed by atoms with Gasteiger partial charge in [-0.1, -0.05) is 28.9 Å². The lowest BCUT2D eigenvalue weighted by molar-refractivity contribution is -0.121. The van der Waals surface area contributed by atoms with Crippen LogP contribution in [0.2, 0.25) is 5.02 Å². The summed E-state index contributed by atoms with van der Waals surface area (Å²) in [5.74, 6) is -0.933. The van der Waals surface area contributed by atoms with Gasteiger partial charge in [0.15, 0.2) is 0 Å². The van der Waals surface area contributed by atoms with Crippen LogP contribution >= 0.6 is 11.6 Å². The molecule has 6 nitrogen and oxygen atoms in total. The zero-order valence-corrected chi connectivity index (χ0v) is 11.2.